The van der Waals surface area contributed by atoms with Gasteiger partial charge in [0.25, 0.3) is 0 Å². The summed E-state index contributed by atoms with van der Waals surface area (Å²) in [6.45, 7) is 1.76. The molecule has 2 rings (SSSR count). The Hall–Kier alpha value is -1.95. The predicted molar refractivity (Wildman–Crippen MR) is 59.8 cm³/mol. The van der Waals surface area contributed by atoms with Crippen LogP contribution in [0.5, 0.6) is 5.75 Å². The standard InChI is InChI=1S/C11H13FN4O/c12-10-1-2-11(17)9(7-10)8-13-3-5-16-6-4-14-15-16/h1-2,4,6-7,13,17H,3,5,8H2. The highest BCUT2D eigenvalue weighted by Gasteiger charge is 2.02. The molecular formula is C11H13FN4O. The van der Waals surface area contributed by atoms with E-state index in [1.54, 1.807) is 17.1 Å². The Morgan fingerprint density at radius 3 is 3.06 bits per heavy atom. The Bertz CT molecular complexity index is 472. The van der Waals surface area contributed by atoms with Crippen LogP contribution in [0.1, 0.15) is 5.56 Å². The molecule has 0 radical (unpaired) electrons. The van der Waals surface area contributed by atoms with E-state index in [1.165, 1.54) is 18.2 Å². The zero-order valence-corrected chi connectivity index (χ0v) is 9.17. The molecule has 90 valence electrons. The van der Waals surface area contributed by atoms with E-state index < -0.39 is 0 Å². The van der Waals surface area contributed by atoms with E-state index in [2.05, 4.69) is 15.6 Å². The minimum absolute atomic E-state index is 0.0969. The molecule has 0 unspecified atom stereocenters. The molecule has 0 aliphatic rings. The summed E-state index contributed by atoms with van der Waals surface area (Å²) >= 11 is 0. The lowest BCUT2D eigenvalue weighted by atomic mass is 10.2. The van der Waals surface area contributed by atoms with Gasteiger partial charge in [-0.3, -0.25) is 4.68 Å². The predicted octanol–water partition coefficient (Wildman–Crippen LogP) is 0.913. The largest absolute Gasteiger partial charge is 0.508 e. The smallest absolute Gasteiger partial charge is 0.123 e. The third-order valence-electron chi connectivity index (χ3n) is 2.35. The van der Waals surface area contributed by atoms with Crippen LogP contribution in [-0.4, -0.2) is 26.6 Å². The molecule has 0 saturated carbocycles. The van der Waals surface area contributed by atoms with Crippen molar-refractivity contribution in [3.8, 4) is 5.75 Å². The van der Waals surface area contributed by atoms with Crippen LogP contribution >= 0.6 is 0 Å². The molecule has 17 heavy (non-hydrogen) atoms. The molecule has 0 atom stereocenters. The number of rotatable bonds is 5. The fraction of sp³-hybridized carbons (Fsp3) is 0.273. The van der Waals surface area contributed by atoms with E-state index in [1.807, 2.05) is 0 Å². The molecule has 0 aliphatic carbocycles. The van der Waals surface area contributed by atoms with Crippen LogP contribution in [0, 0.1) is 5.82 Å². The lowest BCUT2D eigenvalue weighted by Crippen LogP contribution is -2.20. The van der Waals surface area contributed by atoms with Crippen LogP contribution in [0.3, 0.4) is 0 Å². The minimum Gasteiger partial charge on any atom is -0.508 e. The highest BCUT2D eigenvalue weighted by atomic mass is 19.1. The van der Waals surface area contributed by atoms with Crippen LogP contribution in [0.2, 0.25) is 0 Å². The van der Waals surface area contributed by atoms with Crippen LogP contribution in [0.25, 0.3) is 0 Å². The lowest BCUT2D eigenvalue weighted by molar-refractivity contribution is 0.459. The fourth-order valence-electron chi connectivity index (χ4n) is 1.46. The van der Waals surface area contributed by atoms with Gasteiger partial charge < -0.3 is 10.4 Å². The van der Waals surface area contributed by atoms with Gasteiger partial charge in [-0.1, -0.05) is 5.21 Å². The second-order valence-electron chi connectivity index (χ2n) is 3.62. The lowest BCUT2D eigenvalue weighted by Gasteiger charge is -2.06. The molecular weight excluding hydrogens is 223 g/mol. The van der Waals surface area contributed by atoms with Gasteiger partial charge in [-0.15, -0.1) is 5.10 Å². The quantitative estimate of drug-likeness (QED) is 0.757. The fourth-order valence-corrected chi connectivity index (χ4v) is 1.46. The van der Waals surface area contributed by atoms with E-state index in [0.29, 0.717) is 25.2 Å². The molecule has 0 amide bonds. The number of nitrogens with one attached hydrogen (secondary N) is 1. The monoisotopic (exact) mass is 236 g/mol. The first-order valence-corrected chi connectivity index (χ1v) is 5.28. The van der Waals surface area contributed by atoms with Gasteiger partial charge in [-0.25, -0.2) is 4.39 Å². The maximum absolute atomic E-state index is 12.9. The van der Waals surface area contributed by atoms with Crippen molar-refractivity contribution in [2.24, 2.45) is 0 Å². The van der Waals surface area contributed by atoms with Crippen LogP contribution < -0.4 is 5.32 Å². The summed E-state index contributed by atoms with van der Waals surface area (Å²) in [5, 5.41) is 20.1. The maximum atomic E-state index is 12.9. The number of aromatic hydroxyl groups is 1. The zero-order chi connectivity index (χ0) is 12.1. The Kier molecular flexibility index (Phi) is 3.66. The average molecular weight is 236 g/mol. The van der Waals surface area contributed by atoms with Crippen molar-refractivity contribution in [1.29, 1.82) is 0 Å². The van der Waals surface area contributed by atoms with Crippen molar-refractivity contribution < 1.29 is 9.50 Å². The molecule has 2 aromatic rings. The normalized spacial score (nSPS) is 10.6. The molecule has 6 heteroatoms. The van der Waals surface area contributed by atoms with Gasteiger partial charge in [0.1, 0.15) is 11.6 Å². The summed E-state index contributed by atoms with van der Waals surface area (Å²) in [6, 6.07) is 3.90. The van der Waals surface area contributed by atoms with Crippen LogP contribution in [0.4, 0.5) is 4.39 Å². The van der Waals surface area contributed by atoms with Crippen molar-refractivity contribution in [1.82, 2.24) is 20.3 Å². The summed E-state index contributed by atoms with van der Waals surface area (Å²) in [5.74, 6) is -0.254. The number of hydrogen-bond acceptors (Lipinski definition) is 4. The summed E-state index contributed by atoms with van der Waals surface area (Å²) in [5.41, 5.74) is 0.545. The summed E-state index contributed by atoms with van der Waals surface area (Å²) in [4.78, 5) is 0. The molecule has 0 fully saturated rings. The number of phenolic OH excluding ortho intramolecular Hbond substituents is 1. The Morgan fingerprint density at radius 2 is 2.29 bits per heavy atom. The van der Waals surface area contributed by atoms with Crippen molar-refractivity contribution in [3.05, 3.63) is 42.0 Å². The Balaban J connectivity index is 1.80. The van der Waals surface area contributed by atoms with E-state index in [4.69, 9.17) is 0 Å². The van der Waals surface area contributed by atoms with Crippen LogP contribution in [-0.2, 0) is 13.1 Å². The van der Waals surface area contributed by atoms with Gasteiger partial charge in [0.05, 0.1) is 12.7 Å². The number of aromatic nitrogens is 3. The Morgan fingerprint density at radius 1 is 1.41 bits per heavy atom. The third-order valence-corrected chi connectivity index (χ3v) is 2.35. The molecule has 0 bridgehead atoms. The third kappa shape index (κ3) is 3.25. The first-order chi connectivity index (χ1) is 8.25. The van der Waals surface area contributed by atoms with Gasteiger partial charge in [-0.05, 0) is 18.2 Å². The molecule has 2 N–H and O–H groups in total. The van der Waals surface area contributed by atoms with Crippen molar-refractivity contribution in [3.63, 3.8) is 0 Å². The summed E-state index contributed by atoms with van der Waals surface area (Å²) < 4.78 is 14.6. The van der Waals surface area contributed by atoms with Gasteiger partial charge in [0.15, 0.2) is 0 Å². The van der Waals surface area contributed by atoms with Gasteiger partial charge in [0.2, 0.25) is 0 Å². The van der Waals surface area contributed by atoms with E-state index >= 15 is 0 Å². The summed E-state index contributed by atoms with van der Waals surface area (Å²) in [6.07, 6.45) is 3.37. The number of hydrogen-bond donors (Lipinski definition) is 2. The number of nitrogens with zero attached hydrogens (tertiary/aromatic N) is 3. The first kappa shape index (κ1) is 11.5. The van der Waals surface area contributed by atoms with Gasteiger partial charge in [0, 0.05) is 24.8 Å². The molecule has 0 saturated heterocycles. The zero-order valence-electron chi connectivity index (χ0n) is 9.17. The van der Waals surface area contributed by atoms with Gasteiger partial charge in [-0.2, -0.15) is 0 Å². The second-order valence-corrected chi connectivity index (χ2v) is 3.62. The molecule has 0 aliphatic heterocycles. The van der Waals surface area contributed by atoms with Crippen LogP contribution in [0.15, 0.2) is 30.6 Å². The number of phenols is 1. The van der Waals surface area contributed by atoms with Crippen molar-refractivity contribution in [2.75, 3.05) is 6.54 Å². The number of halogens is 1. The van der Waals surface area contributed by atoms with E-state index in [9.17, 15) is 9.50 Å². The topological polar surface area (TPSA) is 63.0 Å². The molecule has 1 aromatic carbocycles. The molecule has 1 aromatic heterocycles. The highest BCUT2D eigenvalue weighted by molar-refractivity contribution is 5.32. The van der Waals surface area contributed by atoms with Crippen molar-refractivity contribution >= 4 is 0 Å². The Labute approximate surface area is 97.9 Å². The molecule has 1 heterocycles. The average Bonchev–Trinajstić information content (AvgIpc) is 2.82. The minimum atomic E-state index is -0.351. The van der Waals surface area contributed by atoms with Gasteiger partial charge >= 0.3 is 0 Å². The van der Waals surface area contributed by atoms with E-state index in [0.717, 1.165) is 0 Å². The molecule has 5 nitrogen and oxygen atoms in total. The van der Waals surface area contributed by atoms with E-state index in [-0.39, 0.29) is 11.6 Å². The number of benzene rings is 1. The highest BCUT2D eigenvalue weighted by Crippen LogP contribution is 2.17. The first-order valence-electron chi connectivity index (χ1n) is 5.28. The second kappa shape index (κ2) is 5.40. The summed E-state index contributed by atoms with van der Waals surface area (Å²) in [7, 11) is 0. The SMILES string of the molecule is Oc1ccc(F)cc1CNCCn1ccnn1. The van der Waals surface area contributed by atoms with Crippen molar-refractivity contribution in [2.45, 2.75) is 13.1 Å². The molecule has 0 spiro atoms. The maximum Gasteiger partial charge on any atom is 0.123 e.